The number of rotatable bonds is 5. The summed E-state index contributed by atoms with van der Waals surface area (Å²) in [7, 11) is 0. The fourth-order valence-corrected chi connectivity index (χ4v) is 1.39. The largest absolute Gasteiger partial charge is 0.481 e. The third-order valence-corrected chi connectivity index (χ3v) is 3.11. The fraction of sp³-hybridized carbons (Fsp3) is 0.500. The number of carboxylic acid groups (broad SMARTS) is 1. The molecule has 6 nitrogen and oxygen atoms in total. The molecule has 0 bridgehead atoms. The van der Waals surface area contributed by atoms with Crippen LogP contribution in [0, 0.1) is 11.3 Å². The number of hydrogen-bond acceptors (Lipinski definition) is 4. The number of carbonyl (C=O) groups is 2. The number of hydrogen-bond donors (Lipinski definition) is 2. The lowest BCUT2D eigenvalue weighted by Crippen LogP contribution is -2.37. The Hall–Kier alpha value is -1.98. The van der Waals surface area contributed by atoms with Crippen molar-refractivity contribution in [1.82, 2.24) is 9.97 Å². The molecule has 18 heavy (non-hydrogen) atoms. The van der Waals surface area contributed by atoms with Crippen molar-refractivity contribution in [2.24, 2.45) is 11.3 Å². The van der Waals surface area contributed by atoms with Crippen LogP contribution in [0.4, 0.5) is 5.95 Å². The molecule has 0 aliphatic heterocycles. The molecule has 0 saturated heterocycles. The molecule has 0 aliphatic rings. The molecule has 0 saturated carbocycles. The lowest BCUT2D eigenvalue weighted by molar-refractivity contribution is -0.153. The smallest absolute Gasteiger partial charge is 0.310 e. The van der Waals surface area contributed by atoms with Gasteiger partial charge in [-0.1, -0.05) is 13.8 Å². The molecule has 1 atom stereocenters. The highest BCUT2D eigenvalue weighted by Gasteiger charge is 2.38. The van der Waals surface area contributed by atoms with E-state index in [1.807, 2.05) is 0 Å². The number of nitrogens with zero attached hydrogens (tertiary/aromatic N) is 2. The summed E-state index contributed by atoms with van der Waals surface area (Å²) in [4.78, 5) is 30.7. The number of carbonyl (C=O) groups excluding carboxylic acids is 1. The minimum Gasteiger partial charge on any atom is -0.481 e. The van der Waals surface area contributed by atoms with Crippen LogP contribution in [-0.4, -0.2) is 27.0 Å². The molecule has 1 unspecified atom stereocenters. The van der Waals surface area contributed by atoms with E-state index in [1.165, 1.54) is 12.4 Å². The van der Waals surface area contributed by atoms with Crippen LogP contribution in [0.2, 0.25) is 0 Å². The van der Waals surface area contributed by atoms with Crippen LogP contribution in [0.15, 0.2) is 18.5 Å². The Balaban J connectivity index is 2.72. The van der Waals surface area contributed by atoms with Gasteiger partial charge >= 0.3 is 5.97 Å². The van der Waals surface area contributed by atoms with E-state index in [0.29, 0.717) is 0 Å². The van der Waals surface area contributed by atoms with Gasteiger partial charge in [0.2, 0.25) is 11.9 Å². The third-order valence-electron chi connectivity index (χ3n) is 3.11. The average Bonchev–Trinajstić information content (AvgIpc) is 2.29. The quantitative estimate of drug-likeness (QED) is 0.828. The molecule has 1 amide bonds. The maximum atomic E-state index is 11.8. The Kier molecular flexibility index (Phi) is 4.36. The molecule has 1 rings (SSSR count). The summed E-state index contributed by atoms with van der Waals surface area (Å²) in [5.41, 5.74) is -1.10. The van der Waals surface area contributed by atoms with E-state index in [0.717, 1.165) is 0 Å². The Morgan fingerprint density at radius 2 is 1.94 bits per heavy atom. The van der Waals surface area contributed by atoms with Gasteiger partial charge in [0.05, 0.1) is 5.41 Å². The molecule has 2 N–H and O–H groups in total. The second-order valence-corrected chi connectivity index (χ2v) is 4.67. The summed E-state index contributed by atoms with van der Waals surface area (Å²) in [6, 6.07) is 1.63. The maximum absolute atomic E-state index is 11.8. The Bertz CT molecular complexity index is 433. The van der Waals surface area contributed by atoms with Crippen LogP contribution >= 0.6 is 0 Å². The van der Waals surface area contributed by atoms with Crippen LogP contribution in [0.3, 0.4) is 0 Å². The van der Waals surface area contributed by atoms with Crippen molar-refractivity contribution in [3.8, 4) is 0 Å². The molecule has 1 heterocycles. The van der Waals surface area contributed by atoms with Crippen molar-refractivity contribution in [2.75, 3.05) is 5.32 Å². The van der Waals surface area contributed by atoms with Gasteiger partial charge in [0.25, 0.3) is 0 Å². The van der Waals surface area contributed by atoms with Gasteiger partial charge in [0.1, 0.15) is 0 Å². The third kappa shape index (κ3) is 3.26. The molecular weight excluding hydrogens is 234 g/mol. The lowest BCUT2D eigenvalue weighted by atomic mass is 9.76. The highest BCUT2D eigenvalue weighted by molar-refractivity contribution is 5.92. The number of anilines is 1. The summed E-state index contributed by atoms with van der Waals surface area (Å²) in [5.74, 6) is -1.36. The molecule has 1 aromatic heterocycles. The predicted octanol–water partition coefficient (Wildman–Crippen LogP) is 1.55. The van der Waals surface area contributed by atoms with Crippen molar-refractivity contribution in [3.63, 3.8) is 0 Å². The van der Waals surface area contributed by atoms with Gasteiger partial charge in [-0.3, -0.25) is 14.9 Å². The van der Waals surface area contributed by atoms with Gasteiger partial charge in [-0.25, -0.2) is 9.97 Å². The van der Waals surface area contributed by atoms with Gasteiger partial charge in [0, 0.05) is 18.8 Å². The zero-order valence-corrected chi connectivity index (χ0v) is 10.7. The highest BCUT2D eigenvalue weighted by Crippen LogP contribution is 2.31. The minimum atomic E-state index is -1.10. The Morgan fingerprint density at radius 1 is 1.39 bits per heavy atom. The predicted molar refractivity (Wildman–Crippen MR) is 65.9 cm³/mol. The number of nitrogens with one attached hydrogen (secondary N) is 1. The first kappa shape index (κ1) is 14.1. The van der Waals surface area contributed by atoms with Crippen LogP contribution in [-0.2, 0) is 9.59 Å². The van der Waals surface area contributed by atoms with Gasteiger partial charge in [0.15, 0.2) is 0 Å². The molecule has 1 aromatic rings. The first-order valence-corrected chi connectivity index (χ1v) is 5.66. The molecule has 0 aromatic carbocycles. The van der Waals surface area contributed by atoms with Crippen molar-refractivity contribution in [2.45, 2.75) is 27.2 Å². The van der Waals surface area contributed by atoms with Crippen LogP contribution < -0.4 is 5.32 Å². The van der Waals surface area contributed by atoms with Crippen molar-refractivity contribution < 1.29 is 14.7 Å². The zero-order chi connectivity index (χ0) is 13.8. The molecule has 0 aliphatic carbocycles. The summed E-state index contributed by atoms with van der Waals surface area (Å²) >= 11 is 0. The SMILES string of the molecule is CC(C)C(C)(CC(=O)Nc1ncccn1)C(=O)O. The molecule has 0 radical (unpaired) electrons. The highest BCUT2D eigenvalue weighted by atomic mass is 16.4. The van der Waals surface area contributed by atoms with Gasteiger partial charge < -0.3 is 5.11 Å². The number of amides is 1. The Labute approximate surface area is 105 Å². The van der Waals surface area contributed by atoms with E-state index in [2.05, 4.69) is 15.3 Å². The average molecular weight is 251 g/mol. The van der Waals surface area contributed by atoms with E-state index in [-0.39, 0.29) is 18.3 Å². The summed E-state index contributed by atoms with van der Waals surface area (Å²) < 4.78 is 0. The summed E-state index contributed by atoms with van der Waals surface area (Å²) in [6.07, 6.45) is 2.89. The van der Waals surface area contributed by atoms with E-state index >= 15 is 0 Å². The fourth-order valence-electron chi connectivity index (χ4n) is 1.39. The van der Waals surface area contributed by atoms with E-state index in [1.54, 1.807) is 26.8 Å². The molecule has 98 valence electrons. The number of carboxylic acids is 1. The monoisotopic (exact) mass is 251 g/mol. The second-order valence-electron chi connectivity index (χ2n) is 4.67. The van der Waals surface area contributed by atoms with Crippen molar-refractivity contribution in [3.05, 3.63) is 18.5 Å². The van der Waals surface area contributed by atoms with E-state index < -0.39 is 17.3 Å². The molecule has 0 fully saturated rings. The molecule has 0 spiro atoms. The van der Waals surface area contributed by atoms with E-state index in [9.17, 15) is 14.7 Å². The molecular formula is C12H17N3O3. The van der Waals surface area contributed by atoms with Gasteiger partial charge in [-0.05, 0) is 18.9 Å². The van der Waals surface area contributed by atoms with Crippen molar-refractivity contribution >= 4 is 17.8 Å². The maximum Gasteiger partial charge on any atom is 0.310 e. The standard InChI is InChI=1S/C12H17N3O3/c1-8(2)12(3,10(17)18)7-9(16)15-11-13-5-4-6-14-11/h4-6,8H,7H2,1-3H3,(H,17,18)(H,13,14,15,16). The second kappa shape index (κ2) is 5.57. The van der Waals surface area contributed by atoms with Crippen LogP contribution in [0.1, 0.15) is 27.2 Å². The number of aromatic nitrogens is 2. The van der Waals surface area contributed by atoms with Crippen LogP contribution in [0.5, 0.6) is 0 Å². The first-order chi connectivity index (χ1) is 8.36. The van der Waals surface area contributed by atoms with Gasteiger partial charge in [-0.2, -0.15) is 0 Å². The minimum absolute atomic E-state index is 0.113. The van der Waals surface area contributed by atoms with Gasteiger partial charge in [-0.15, -0.1) is 0 Å². The summed E-state index contributed by atoms with van der Waals surface area (Å²) in [6.45, 7) is 5.12. The van der Waals surface area contributed by atoms with Crippen molar-refractivity contribution in [1.29, 1.82) is 0 Å². The lowest BCUT2D eigenvalue weighted by Gasteiger charge is -2.28. The van der Waals surface area contributed by atoms with E-state index in [4.69, 9.17) is 0 Å². The summed E-state index contributed by atoms with van der Waals surface area (Å²) in [5, 5.41) is 11.7. The normalized spacial score (nSPS) is 14.0. The molecule has 6 heteroatoms. The zero-order valence-electron chi connectivity index (χ0n) is 10.7. The first-order valence-electron chi connectivity index (χ1n) is 5.66. The number of aliphatic carboxylic acids is 1. The Morgan fingerprint density at radius 3 is 2.39 bits per heavy atom. The van der Waals surface area contributed by atoms with Crippen LogP contribution in [0.25, 0.3) is 0 Å². The topological polar surface area (TPSA) is 92.2 Å².